The second kappa shape index (κ2) is 11.5. The van der Waals surface area contributed by atoms with E-state index in [0.29, 0.717) is 13.0 Å². The Kier molecular flexibility index (Phi) is 8.44. The number of hydrogen-bond acceptors (Lipinski definition) is 5. The summed E-state index contributed by atoms with van der Waals surface area (Å²) < 4.78 is 24.6. The number of nitrogens with one attached hydrogen (secondary N) is 1. The first-order valence-corrected chi connectivity index (χ1v) is 10.1. The number of nitriles is 1. The first-order valence-electron chi connectivity index (χ1n) is 10.1. The molecule has 0 radical (unpaired) electrons. The summed E-state index contributed by atoms with van der Waals surface area (Å²) in [7, 11) is 0. The maximum Gasteiger partial charge on any atom is 0.123 e. The van der Waals surface area contributed by atoms with Gasteiger partial charge in [-0.15, -0.1) is 0 Å². The number of ether oxygens (including phenoxy) is 2. The SMILES string of the molecule is N#CCCCOc1cccc(CNCC(c2ccc(F)cc2)N2CCOCC2)c1. The minimum atomic E-state index is -0.214. The number of halogens is 1. The number of morpholine rings is 1. The van der Waals surface area contributed by atoms with Gasteiger partial charge in [0.1, 0.15) is 11.6 Å². The maximum atomic E-state index is 13.4. The van der Waals surface area contributed by atoms with E-state index in [1.54, 1.807) is 0 Å². The molecule has 2 aromatic rings. The van der Waals surface area contributed by atoms with Gasteiger partial charge >= 0.3 is 0 Å². The lowest BCUT2D eigenvalue weighted by molar-refractivity contribution is 0.0161. The lowest BCUT2D eigenvalue weighted by Gasteiger charge is -2.35. The van der Waals surface area contributed by atoms with Crippen LogP contribution in [0.5, 0.6) is 5.75 Å². The fraction of sp³-hybridized carbons (Fsp3) is 0.435. The number of rotatable bonds is 10. The molecule has 3 rings (SSSR count). The first kappa shape index (κ1) is 21.3. The Bertz CT molecular complexity index is 785. The van der Waals surface area contributed by atoms with Crippen LogP contribution in [0.1, 0.15) is 30.0 Å². The molecule has 2 aromatic carbocycles. The van der Waals surface area contributed by atoms with Crippen LogP contribution in [0, 0.1) is 17.1 Å². The van der Waals surface area contributed by atoms with E-state index < -0.39 is 0 Å². The van der Waals surface area contributed by atoms with E-state index >= 15 is 0 Å². The van der Waals surface area contributed by atoms with Gasteiger partial charge in [-0.05, 0) is 41.8 Å². The Labute approximate surface area is 172 Å². The van der Waals surface area contributed by atoms with Gasteiger partial charge in [-0.25, -0.2) is 4.39 Å². The number of benzene rings is 2. The molecule has 1 aliphatic heterocycles. The number of nitrogens with zero attached hydrogens (tertiary/aromatic N) is 2. The van der Waals surface area contributed by atoms with E-state index in [-0.39, 0.29) is 11.9 Å². The van der Waals surface area contributed by atoms with Gasteiger partial charge in [-0.1, -0.05) is 24.3 Å². The molecule has 1 N–H and O–H groups in total. The van der Waals surface area contributed by atoms with Crippen molar-refractivity contribution < 1.29 is 13.9 Å². The van der Waals surface area contributed by atoms with E-state index in [1.807, 2.05) is 30.3 Å². The van der Waals surface area contributed by atoms with Gasteiger partial charge in [0.2, 0.25) is 0 Å². The van der Waals surface area contributed by atoms with Crippen molar-refractivity contribution in [1.82, 2.24) is 10.2 Å². The lowest BCUT2D eigenvalue weighted by Crippen LogP contribution is -2.42. The molecular weight excluding hydrogens is 369 g/mol. The topological polar surface area (TPSA) is 57.5 Å². The van der Waals surface area contributed by atoms with Crippen molar-refractivity contribution in [3.05, 3.63) is 65.5 Å². The Balaban J connectivity index is 1.56. The van der Waals surface area contributed by atoms with Crippen LogP contribution in [0.15, 0.2) is 48.5 Å². The second-order valence-electron chi connectivity index (χ2n) is 7.10. The van der Waals surface area contributed by atoms with Crippen molar-refractivity contribution >= 4 is 0 Å². The summed E-state index contributed by atoms with van der Waals surface area (Å²) in [6, 6.07) is 17.1. The Morgan fingerprint density at radius 3 is 2.72 bits per heavy atom. The van der Waals surface area contributed by atoms with Crippen molar-refractivity contribution in [2.75, 3.05) is 39.5 Å². The molecule has 1 fully saturated rings. The van der Waals surface area contributed by atoms with Crippen molar-refractivity contribution in [1.29, 1.82) is 5.26 Å². The molecule has 1 heterocycles. The highest BCUT2D eigenvalue weighted by Gasteiger charge is 2.22. The van der Waals surface area contributed by atoms with Crippen LogP contribution in [-0.4, -0.2) is 44.4 Å². The molecule has 6 heteroatoms. The molecule has 1 unspecified atom stereocenters. The van der Waals surface area contributed by atoms with Crippen molar-refractivity contribution in [2.24, 2.45) is 0 Å². The van der Waals surface area contributed by atoms with Crippen LogP contribution in [0.2, 0.25) is 0 Å². The van der Waals surface area contributed by atoms with Gasteiger partial charge in [-0.2, -0.15) is 5.26 Å². The predicted octanol–water partition coefficient (Wildman–Crippen LogP) is 3.67. The molecule has 0 saturated carbocycles. The Hall–Kier alpha value is -2.46. The van der Waals surface area contributed by atoms with Gasteiger partial charge in [0.15, 0.2) is 0 Å². The van der Waals surface area contributed by atoms with E-state index in [2.05, 4.69) is 22.4 Å². The highest BCUT2D eigenvalue weighted by molar-refractivity contribution is 5.28. The molecule has 0 bridgehead atoms. The largest absolute Gasteiger partial charge is 0.494 e. The van der Waals surface area contributed by atoms with E-state index in [0.717, 1.165) is 62.7 Å². The quantitative estimate of drug-likeness (QED) is 0.620. The molecule has 0 spiro atoms. The van der Waals surface area contributed by atoms with Gasteiger partial charge in [0.05, 0.1) is 25.9 Å². The predicted molar refractivity (Wildman–Crippen MR) is 110 cm³/mol. The van der Waals surface area contributed by atoms with Crippen molar-refractivity contribution in [3.8, 4) is 11.8 Å². The monoisotopic (exact) mass is 397 g/mol. The first-order chi connectivity index (χ1) is 14.3. The molecule has 5 nitrogen and oxygen atoms in total. The number of hydrogen-bond donors (Lipinski definition) is 1. The third kappa shape index (κ3) is 6.82. The molecule has 0 amide bonds. The van der Waals surface area contributed by atoms with Crippen LogP contribution in [0.3, 0.4) is 0 Å². The molecule has 0 aliphatic carbocycles. The molecule has 29 heavy (non-hydrogen) atoms. The smallest absolute Gasteiger partial charge is 0.123 e. The number of unbranched alkanes of at least 4 members (excludes halogenated alkanes) is 1. The molecular formula is C23H28FN3O2. The normalized spacial score (nSPS) is 15.6. The van der Waals surface area contributed by atoms with E-state index in [1.165, 1.54) is 12.1 Å². The minimum absolute atomic E-state index is 0.171. The van der Waals surface area contributed by atoms with Gasteiger partial charge in [-0.3, -0.25) is 4.90 Å². The zero-order valence-electron chi connectivity index (χ0n) is 16.6. The standard InChI is InChI=1S/C23H28FN3O2/c24-21-8-6-20(7-9-21)23(27-11-14-28-15-12-27)18-26-17-19-4-3-5-22(16-19)29-13-2-1-10-25/h3-9,16,23,26H,1-2,11-15,17-18H2. The highest BCUT2D eigenvalue weighted by Crippen LogP contribution is 2.22. The minimum Gasteiger partial charge on any atom is -0.494 e. The van der Waals surface area contributed by atoms with Crippen LogP contribution < -0.4 is 10.1 Å². The van der Waals surface area contributed by atoms with E-state index in [9.17, 15) is 4.39 Å². The fourth-order valence-electron chi connectivity index (χ4n) is 3.47. The van der Waals surface area contributed by atoms with Crippen LogP contribution in [-0.2, 0) is 11.3 Å². The maximum absolute atomic E-state index is 13.4. The average molecular weight is 397 g/mol. The molecule has 1 saturated heterocycles. The zero-order valence-corrected chi connectivity index (χ0v) is 16.6. The van der Waals surface area contributed by atoms with Gasteiger partial charge < -0.3 is 14.8 Å². The summed E-state index contributed by atoms with van der Waals surface area (Å²) in [5.41, 5.74) is 2.25. The van der Waals surface area contributed by atoms with Gasteiger partial charge in [0, 0.05) is 38.6 Å². The summed E-state index contributed by atoms with van der Waals surface area (Å²) >= 11 is 0. The van der Waals surface area contributed by atoms with Crippen LogP contribution in [0.4, 0.5) is 4.39 Å². The summed E-state index contributed by atoms with van der Waals surface area (Å²) in [6.07, 6.45) is 1.24. The second-order valence-corrected chi connectivity index (χ2v) is 7.10. The summed E-state index contributed by atoms with van der Waals surface area (Å²) in [5.74, 6) is 0.611. The molecule has 1 atom stereocenters. The van der Waals surface area contributed by atoms with E-state index in [4.69, 9.17) is 14.7 Å². The summed E-state index contributed by atoms with van der Waals surface area (Å²) in [6.45, 7) is 5.22. The Morgan fingerprint density at radius 1 is 1.17 bits per heavy atom. The third-order valence-corrected chi connectivity index (χ3v) is 5.01. The lowest BCUT2D eigenvalue weighted by atomic mass is 10.0. The Morgan fingerprint density at radius 2 is 1.97 bits per heavy atom. The third-order valence-electron chi connectivity index (χ3n) is 5.01. The van der Waals surface area contributed by atoms with Crippen molar-refractivity contribution in [2.45, 2.75) is 25.4 Å². The fourth-order valence-corrected chi connectivity index (χ4v) is 3.47. The average Bonchev–Trinajstić information content (AvgIpc) is 2.76. The zero-order chi connectivity index (χ0) is 20.3. The molecule has 154 valence electrons. The molecule has 0 aromatic heterocycles. The van der Waals surface area contributed by atoms with Crippen LogP contribution in [0.25, 0.3) is 0 Å². The molecule has 1 aliphatic rings. The summed E-state index contributed by atoms with van der Waals surface area (Å²) in [5, 5.41) is 12.1. The van der Waals surface area contributed by atoms with Crippen LogP contribution >= 0.6 is 0 Å². The highest BCUT2D eigenvalue weighted by atomic mass is 19.1. The summed E-state index contributed by atoms with van der Waals surface area (Å²) in [4.78, 5) is 2.39. The van der Waals surface area contributed by atoms with Crippen molar-refractivity contribution in [3.63, 3.8) is 0 Å². The van der Waals surface area contributed by atoms with Gasteiger partial charge in [0.25, 0.3) is 0 Å².